The topological polar surface area (TPSA) is 63.1 Å². The summed E-state index contributed by atoms with van der Waals surface area (Å²) in [5, 5.41) is 2.38. The first kappa shape index (κ1) is 7.78. The largest absolute Gasteiger partial charge is 0.357 e. The first-order valence-corrected chi connectivity index (χ1v) is 3.30. The van der Waals surface area contributed by atoms with Crippen LogP contribution in [0.5, 0.6) is 0 Å². The van der Waals surface area contributed by atoms with Crippen LogP contribution in [0.25, 0.3) is 0 Å². The number of aromatic nitrogens is 1. The molecular formula is C7H9NO3. The molecule has 1 aromatic heterocycles. The second-order valence-corrected chi connectivity index (χ2v) is 2.46. The molecule has 1 heterocycles. The fourth-order valence-electron chi connectivity index (χ4n) is 0.727. The molecule has 1 unspecified atom stereocenters. The molecule has 0 saturated carbocycles. The minimum absolute atomic E-state index is 0.00190. The van der Waals surface area contributed by atoms with Gasteiger partial charge in [0.15, 0.2) is 0 Å². The van der Waals surface area contributed by atoms with E-state index in [1.54, 1.807) is 6.92 Å². The van der Waals surface area contributed by atoms with Crippen LogP contribution in [0.2, 0.25) is 0 Å². The van der Waals surface area contributed by atoms with E-state index < -0.39 is 5.63 Å². The number of rotatable bonds is 2. The molecule has 11 heavy (non-hydrogen) atoms. The van der Waals surface area contributed by atoms with Crippen molar-refractivity contribution in [3.63, 3.8) is 0 Å². The lowest BCUT2D eigenvalue weighted by Crippen LogP contribution is -2.04. The van der Waals surface area contributed by atoms with Gasteiger partial charge >= 0.3 is 5.63 Å². The Kier molecular flexibility index (Phi) is 1.94. The summed E-state index contributed by atoms with van der Waals surface area (Å²) in [4.78, 5) is 21.3. The van der Waals surface area contributed by atoms with Crippen LogP contribution in [0, 0.1) is 0 Å². The molecule has 1 atom stereocenters. The van der Waals surface area contributed by atoms with Crippen molar-refractivity contribution in [3.8, 4) is 0 Å². The van der Waals surface area contributed by atoms with Gasteiger partial charge in [0.2, 0.25) is 0 Å². The Hall–Kier alpha value is -1.32. The first-order valence-electron chi connectivity index (χ1n) is 3.30. The number of hydrogen-bond donors (Lipinski definition) is 1. The van der Waals surface area contributed by atoms with E-state index in [9.17, 15) is 9.59 Å². The van der Waals surface area contributed by atoms with Crippen molar-refractivity contribution in [1.82, 2.24) is 5.16 Å². The second kappa shape index (κ2) is 2.74. The summed E-state index contributed by atoms with van der Waals surface area (Å²) in [6, 6.07) is 1.28. The number of carbonyl (C=O) groups excluding carboxylic acids is 1. The zero-order valence-corrected chi connectivity index (χ0v) is 6.38. The van der Waals surface area contributed by atoms with Crippen molar-refractivity contribution in [2.45, 2.75) is 19.8 Å². The summed E-state index contributed by atoms with van der Waals surface area (Å²) < 4.78 is 4.40. The Morgan fingerprint density at radius 2 is 2.36 bits per heavy atom. The third kappa shape index (κ3) is 1.58. The molecule has 1 rings (SSSR count). The molecule has 0 aromatic carbocycles. The van der Waals surface area contributed by atoms with Crippen LogP contribution >= 0.6 is 0 Å². The average molecular weight is 155 g/mol. The zero-order chi connectivity index (χ0) is 8.43. The average Bonchev–Trinajstić information content (AvgIpc) is 2.34. The van der Waals surface area contributed by atoms with Crippen molar-refractivity contribution in [2.24, 2.45) is 0 Å². The SMILES string of the molecule is CC(=O)C(C)c1cc(=O)o[nH]1. The van der Waals surface area contributed by atoms with Gasteiger partial charge in [-0.3, -0.25) is 4.79 Å². The van der Waals surface area contributed by atoms with Gasteiger partial charge in [0.1, 0.15) is 5.78 Å². The highest BCUT2D eigenvalue weighted by molar-refractivity contribution is 5.82. The van der Waals surface area contributed by atoms with Crippen molar-refractivity contribution < 1.29 is 9.32 Å². The van der Waals surface area contributed by atoms with Gasteiger partial charge in [-0.05, 0) is 13.8 Å². The predicted octanol–water partition coefficient (Wildman–Crippen LogP) is 0.660. The summed E-state index contributed by atoms with van der Waals surface area (Å²) in [5.74, 6) is -0.288. The van der Waals surface area contributed by atoms with Crippen LogP contribution < -0.4 is 5.63 Å². The van der Waals surface area contributed by atoms with Gasteiger partial charge in [0, 0.05) is 6.07 Å². The summed E-state index contributed by atoms with van der Waals surface area (Å²) in [7, 11) is 0. The van der Waals surface area contributed by atoms with Gasteiger partial charge in [0.05, 0.1) is 11.6 Å². The van der Waals surface area contributed by atoms with Gasteiger partial charge in [-0.1, -0.05) is 0 Å². The molecule has 0 saturated heterocycles. The molecule has 0 amide bonds. The predicted molar refractivity (Wildman–Crippen MR) is 38.4 cm³/mol. The van der Waals surface area contributed by atoms with Crippen LogP contribution in [0.3, 0.4) is 0 Å². The number of ketones is 1. The minimum Gasteiger partial charge on any atom is -0.339 e. The Bertz CT molecular complexity index is 309. The van der Waals surface area contributed by atoms with Gasteiger partial charge < -0.3 is 4.52 Å². The van der Waals surface area contributed by atoms with Crippen molar-refractivity contribution in [3.05, 3.63) is 22.2 Å². The maximum atomic E-state index is 10.8. The quantitative estimate of drug-likeness (QED) is 0.682. The molecule has 1 N–H and O–H groups in total. The standard InChI is InChI=1S/C7H9NO3/c1-4(5(2)9)6-3-7(10)11-8-6/h3-4,8H,1-2H3. The molecule has 4 heteroatoms. The number of Topliss-reactive ketones (excluding diaryl/α,β-unsaturated/α-hetero) is 1. The Labute approximate surface area is 63.2 Å². The van der Waals surface area contributed by atoms with Gasteiger partial charge in [-0.15, -0.1) is 0 Å². The van der Waals surface area contributed by atoms with Crippen LogP contribution in [0.1, 0.15) is 25.5 Å². The van der Waals surface area contributed by atoms with E-state index in [1.807, 2.05) is 0 Å². The number of carbonyl (C=O) groups is 1. The van der Waals surface area contributed by atoms with E-state index in [1.165, 1.54) is 13.0 Å². The number of hydrogen-bond acceptors (Lipinski definition) is 3. The highest BCUT2D eigenvalue weighted by Gasteiger charge is 2.12. The summed E-state index contributed by atoms with van der Waals surface area (Å²) in [5.41, 5.74) is 0.0793. The molecule has 0 spiro atoms. The maximum absolute atomic E-state index is 10.8. The molecule has 0 aliphatic rings. The van der Waals surface area contributed by atoms with Crippen molar-refractivity contribution >= 4 is 5.78 Å². The van der Waals surface area contributed by atoms with Crippen LogP contribution in [0.15, 0.2) is 15.4 Å². The van der Waals surface area contributed by atoms with Gasteiger partial charge in [0.25, 0.3) is 0 Å². The highest BCUT2D eigenvalue weighted by Crippen LogP contribution is 2.10. The molecule has 60 valence electrons. The van der Waals surface area contributed by atoms with E-state index in [-0.39, 0.29) is 11.7 Å². The molecule has 0 radical (unpaired) electrons. The maximum Gasteiger partial charge on any atom is 0.357 e. The fraction of sp³-hybridized carbons (Fsp3) is 0.429. The van der Waals surface area contributed by atoms with Crippen molar-refractivity contribution in [2.75, 3.05) is 0 Å². The molecule has 0 bridgehead atoms. The summed E-state index contributed by atoms with van der Waals surface area (Å²) in [6.07, 6.45) is 0. The van der Waals surface area contributed by atoms with Crippen LogP contribution in [-0.4, -0.2) is 10.9 Å². The van der Waals surface area contributed by atoms with E-state index in [0.717, 1.165) is 0 Å². The Morgan fingerprint density at radius 3 is 2.73 bits per heavy atom. The molecule has 4 nitrogen and oxygen atoms in total. The van der Waals surface area contributed by atoms with Crippen molar-refractivity contribution in [1.29, 1.82) is 0 Å². The molecule has 0 aliphatic carbocycles. The third-order valence-electron chi connectivity index (χ3n) is 1.62. The first-order chi connectivity index (χ1) is 5.11. The molecule has 0 fully saturated rings. The lowest BCUT2D eigenvalue weighted by Gasteiger charge is -2.00. The summed E-state index contributed by atoms with van der Waals surface area (Å²) >= 11 is 0. The minimum atomic E-state index is -0.451. The lowest BCUT2D eigenvalue weighted by atomic mass is 10.0. The second-order valence-electron chi connectivity index (χ2n) is 2.46. The van der Waals surface area contributed by atoms with E-state index in [0.29, 0.717) is 5.69 Å². The normalized spacial score (nSPS) is 12.9. The Morgan fingerprint density at radius 1 is 1.73 bits per heavy atom. The summed E-state index contributed by atoms with van der Waals surface area (Å²) in [6.45, 7) is 3.18. The van der Waals surface area contributed by atoms with E-state index in [2.05, 4.69) is 9.68 Å². The monoisotopic (exact) mass is 155 g/mol. The van der Waals surface area contributed by atoms with Crippen LogP contribution in [-0.2, 0) is 4.79 Å². The molecule has 1 aromatic rings. The zero-order valence-electron chi connectivity index (χ0n) is 6.38. The lowest BCUT2D eigenvalue weighted by molar-refractivity contribution is -0.118. The van der Waals surface area contributed by atoms with Gasteiger partial charge in [-0.2, -0.15) is 0 Å². The van der Waals surface area contributed by atoms with Crippen LogP contribution in [0.4, 0.5) is 0 Å². The fourth-order valence-corrected chi connectivity index (χ4v) is 0.727. The van der Waals surface area contributed by atoms with E-state index in [4.69, 9.17) is 0 Å². The molecule has 0 aliphatic heterocycles. The Balaban J connectivity index is 2.93. The van der Waals surface area contributed by atoms with E-state index >= 15 is 0 Å². The smallest absolute Gasteiger partial charge is 0.339 e. The third-order valence-corrected chi connectivity index (χ3v) is 1.62. The number of nitrogens with one attached hydrogen (secondary N) is 1. The molecular weight excluding hydrogens is 146 g/mol. The highest BCUT2D eigenvalue weighted by atomic mass is 16.5. The number of aromatic amines is 1. The number of H-pyrrole nitrogens is 1. The van der Waals surface area contributed by atoms with Gasteiger partial charge in [-0.25, -0.2) is 9.95 Å².